The van der Waals surface area contributed by atoms with Crippen LogP contribution in [0.15, 0.2) is 12.1 Å². The maximum absolute atomic E-state index is 12.5. The average molecular weight is 306 g/mol. The molecular weight excluding hydrogens is 280 g/mol. The average Bonchev–Trinajstić information content (AvgIpc) is 2.32. The minimum absolute atomic E-state index is 0.00932. The lowest BCUT2D eigenvalue weighted by Gasteiger charge is -2.24. The first-order valence-electron chi connectivity index (χ1n) is 7.37. The van der Waals surface area contributed by atoms with Crippen molar-refractivity contribution in [2.75, 3.05) is 6.54 Å². The lowest BCUT2D eigenvalue weighted by molar-refractivity contribution is -0.156. The molecule has 0 heterocycles. The monoisotopic (exact) mass is 306 g/mol. The molecule has 0 unspecified atom stereocenters. The van der Waals surface area contributed by atoms with Crippen molar-refractivity contribution in [1.29, 1.82) is 0 Å². The molecule has 1 rings (SSSR count). The Morgan fingerprint density at radius 3 is 2.09 bits per heavy atom. The van der Waals surface area contributed by atoms with Crippen LogP contribution in [0, 0.1) is 20.8 Å². The Morgan fingerprint density at radius 1 is 1.18 bits per heavy atom. The van der Waals surface area contributed by atoms with Crippen molar-refractivity contribution in [2.24, 2.45) is 5.73 Å². The number of benzene rings is 1. The molecule has 3 N–H and O–H groups in total. The Balaban J connectivity index is 2.93. The highest BCUT2D eigenvalue weighted by molar-refractivity contribution is 5.99. The molecule has 0 saturated carbocycles. The molecule has 0 spiro atoms. The number of hydrogen-bond donors (Lipinski definition) is 2. The summed E-state index contributed by atoms with van der Waals surface area (Å²) in [6.45, 7) is 11.0. The Labute approximate surface area is 132 Å². The van der Waals surface area contributed by atoms with Gasteiger partial charge in [-0.2, -0.15) is 0 Å². The second-order valence-electron chi connectivity index (χ2n) is 6.57. The fourth-order valence-corrected chi connectivity index (χ4v) is 2.36. The molecule has 122 valence electrons. The number of carbonyl (C=O) groups excluding carboxylic acids is 2. The van der Waals surface area contributed by atoms with Crippen LogP contribution in [0.3, 0.4) is 0 Å². The number of nitrogens with one attached hydrogen (secondary N) is 1. The topological polar surface area (TPSA) is 81.4 Å². The summed E-state index contributed by atoms with van der Waals surface area (Å²) in [5, 5.41) is 2.67. The Hall–Kier alpha value is -1.88. The number of ether oxygens (including phenoxy) is 1. The van der Waals surface area contributed by atoms with Crippen LogP contribution in [0.2, 0.25) is 0 Å². The maximum atomic E-state index is 12.5. The van der Waals surface area contributed by atoms with Crippen LogP contribution in [0.5, 0.6) is 0 Å². The molecule has 0 aliphatic rings. The molecule has 0 saturated heterocycles. The zero-order chi connectivity index (χ0) is 17.1. The van der Waals surface area contributed by atoms with Gasteiger partial charge in [-0.05, 0) is 52.7 Å². The molecule has 1 aromatic carbocycles. The van der Waals surface area contributed by atoms with E-state index < -0.39 is 17.6 Å². The molecule has 22 heavy (non-hydrogen) atoms. The molecule has 0 aliphatic carbocycles. The van der Waals surface area contributed by atoms with Gasteiger partial charge < -0.3 is 15.8 Å². The molecule has 0 radical (unpaired) electrons. The van der Waals surface area contributed by atoms with Gasteiger partial charge >= 0.3 is 5.97 Å². The lowest BCUT2D eigenvalue weighted by Crippen LogP contribution is -2.48. The number of hydrogen-bond acceptors (Lipinski definition) is 4. The Bertz CT molecular complexity index is 551. The third-order valence-corrected chi connectivity index (χ3v) is 3.14. The van der Waals surface area contributed by atoms with Crippen molar-refractivity contribution in [3.05, 3.63) is 34.4 Å². The largest absolute Gasteiger partial charge is 0.458 e. The molecule has 5 heteroatoms. The van der Waals surface area contributed by atoms with Gasteiger partial charge in [-0.3, -0.25) is 4.79 Å². The van der Waals surface area contributed by atoms with E-state index in [4.69, 9.17) is 10.5 Å². The molecule has 0 aliphatic heterocycles. The van der Waals surface area contributed by atoms with E-state index in [1.54, 1.807) is 20.8 Å². The van der Waals surface area contributed by atoms with Gasteiger partial charge in [-0.25, -0.2) is 4.79 Å². The molecule has 1 aromatic rings. The van der Waals surface area contributed by atoms with Crippen LogP contribution < -0.4 is 11.1 Å². The summed E-state index contributed by atoms with van der Waals surface area (Å²) in [7, 11) is 0. The summed E-state index contributed by atoms with van der Waals surface area (Å²) in [6.07, 6.45) is 0. The van der Waals surface area contributed by atoms with Crippen molar-refractivity contribution in [2.45, 2.75) is 53.2 Å². The molecule has 5 nitrogen and oxygen atoms in total. The van der Waals surface area contributed by atoms with Gasteiger partial charge in [0.2, 0.25) is 0 Å². The van der Waals surface area contributed by atoms with E-state index >= 15 is 0 Å². The predicted octanol–water partition coefficient (Wildman–Crippen LogP) is 2.01. The van der Waals surface area contributed by atoms with Gasteiger partial charge in [0.25, 0.3) is 5.91 Å². The van der Waals surface area contributed by atoms with Gasteiger partial charge in [0.15, 0.2) is 0 Å². The predicted molar refractivity (Wildman–Crippen MR) is 86.8 cm³/mol. The fourth-order valence-electron chi connectivity index (χ4n) is 2.36. The van der Waals surface area contributed by atoms with Crippen LogP contribution >= 0.6 is 0 Å². The smallest absolute Gasteiger partial charge is 0.330 e. The van der Waals surface area contributed by atoms with Crippen LogP contribution in [0.4, 0.5) is 0 Å². The van der Waals surface area contributed by atoms with Crippen LogP contribution in [-0.2, 0) is 9.53 Å². The van der Waals surface area contributed by atoms with Gasteiger partial charge in [0, 0.05) is 12.1 Å². The number of aryl methyl sites for hydroxylation is 3. The third kappa shape index (κ3) is 4.84. The van der Waals surface area contributed by atoms with Gasteiger partial charge in [0.1, 0.15) is 11.6 Å². The van der Waals surface area contributed by atoms with E-state index in [9.17, 15) is 9.59 Å². The van der Waals surface area contributed by atoms with Crippen molar-refractivity contribution in [1.82, 2.24) is 5.32 Å². The van der Waals surface area contributed by atoms with E-state index in [-0.39, 0.29) is 12.5 Å². The second-order valence-corrected chi connectivity index (χ2v) is 6.57. The zero-order valence-corrected chi connectivity index (χ0v) is 14.2. The standard InChI is InChI=1S/C17H26N2O3/c1-10-7-11(2)14(12(3)8-10)15(20)19-13(9-18)16(21)22-17(4,5)6/h7-8,13H,9,18H2,1-6H3,(H,19,20)/t13-/m0/s1. The highest BCUT2D eigenvalue weighted by Crippen LogP contribution is 2.16. The number of nitrogens with two attached hydrogens (primary N) is 1. The Morgan fingerprint density at radius 2 is 1.68 bits per heavy atom. The Kier molecular flexibility index (Phi) is 5.72. The second kappa shape index (κ2) is 6.92. The highest BCUT2D eigenvalue weighted by Gasteiger charge is 2.26. The van der Waals surface area contributed by atoms with E-state index in [0.29, 0.717) is 5.56 Å². The molecule has 0 bridgehead atoms. The summed E-state index contributed by atoms with van der Waals surface area (Å²) in [5.41, 5.74) is 8.39. The van der Waals surface area contributed by atoms with Gasteiger partial charge in [-0.1, -0.05) is 17.7 Å². The molecular formula is C17H26N2O3. The first kappa shape index (κ1) is 18.2. The molecule has 1 amide bonds. The summed E-state index contributed by atoms with van der Waals surface area (Å²) < 4.78 is 5.27. The summed E-state index contributed by atoms with van der Waals surface area (Å²) in [5.74, 6) is -0.831. The van der Waals surface area contributed by atoms with Crippen molar-refractivity contribution in [3.63, 3.8) is 0 Å². The minimum Gasteiger partial charge on any atom is -0.458 e. The van der Waals surface area contributed by atoms with E-state index in [1.807, 2.05) is 32.9 Å². The van der Waals surface area contributed by atoms with E-state index in [1.165, 1.54) is 0 Å². The summed E-state index contributed by atoms with van der Waals surface area (Å²) >= 11 is 0. The van der Waals surface area contributed by atoms with Crippen LogP contribution in [-0.4, -0.2) is 30.1 Å². The van der Waals surface area contributed by atoms with Crippen molar-refractivity contribution >= 4 is 11.9 Å². The van der Waals surface area contributed by atoms with Crippen LogP contribution in [0.1, 0.15) is 47.8 Å². The van der Waals surface area contributed by atoms with Gasteiger partial charge in [0.05, 0.1) is 0 Å². The number of carbonyl (C=O) groups is 2. The summed E-state index contributed by atoms with van der Waals surface area (Å²) in [6, 6.07) is 3.02. The summed E-state index contributed by atoms with van der Waals surface area (Å²) in [4.78, 5) is 24.5. The minimum atomic E-state index is -0.855. The molecule has 0 aromatic heterocycles. The van der Waals surface area contributed by atoms with E-state index in [0.717, 1.165) is 16.7 Å². The fraction of sp³-hybridized carbons (Fsp3) is 0.529. The molecule has 1 atom stereocenters. The lowest BCUT2D eigenvalue weighted by atomic mass is 9.99. The quantitative estimate of drug-likeness (QED) is 0.834. The van der Waals surface area contributed by atoms with Gasteiger partial charge in [-0.15, -0.1) is 0 Å². The highest BCUT2D eigenvalue weighted by atomic mass is 16.6. The normalized spacial score (nSPS) is 12.7. The number of rotatable bonds is 4. The van der Waals surface area contributed by atoms with Crippen LogP contribution in [0.25, 0.3) is 0 Å². The first-order valence-corrected chi connectivity index (χ1v) is 7.37. The number of esters is 1. The molecule has 0 fully saturated rings. The SMILES string of the molecule is Cc1cc(C)c(C(=O)N[C@@H](CN)C(=O)OC(C)(C)C)c(C)c1. The third-order valence-electron chi connectivity index (χ3n) is 3.14. The van der Waals surface area contributed by atoms with E-state index in [2.05, 4.69) is 5.32 Å². The maximum Gasteiger partial charge on any atom is 0.330 e. The van der Waals surface area contributed by atoms with Crippen molar-refractivity contribution < 1.29 is 14.3 Å². The number of amides is 1. The zero-order valence-electron chi connectivity index (χ0n) is 14.2. The van der Waals surface area contributed by atoms with Crippen molar-refractivity contribution in [3.8, 4) is 0 Å². The first-order chi connectivity index (χ1) is 10.0.